The molecule has 0 bridgehead atoms. The Morgan fingerprint density at radius 3 is 2.92 bits per heavy atom. The molecule has 0 spiro atoms. The van der Waals surface area contributed by atoms with Crippen LogP contribution in [0.3, 0.4) is 0 Å². The number of hydrogen-bond donors (Lipinski definition) is 1. The van der Waals surface area contributed by atoms with E-state index in [4.69, 9.17) is 11.6 Å². The molecule has 24 heavy (non-hydrogen) atoms. The van der Waals surface area contributed by atoms with E-state index in [9.17, 15) is 8.42 Å². The molecule has 0 saturated carbocycles. The fourth-order valence-electron chi connectivity index (χ4n) is 3.64. The molecule has 2 aliphatic rings. The maximum absolute atomic E-state index is 13.1. The molecule has 2 aliphatic heterocycles. The van der Waals surface area contributed by atoms with Gasteiger partial charge in [0.25, 0.3) is 0 Å². The minimum absolute atomic E-state index is 0.232. The molecule has 5 nitrogen and oxygen atoms in total. The van der Waals surface area contributed by atoms with Crippen LogP contribution in [-0.2, 0) is 16.6 Å². The van der Waals surface area contributed by atoms with Gasteiger partial charge in [-0.25, -0.2) is 8.42 Å². The fourth-order valence-corrected chi connectivity index (χ4v) is 5.42. The number of pyridine rings is 1. The van der Waals surface area contributed by atoms with Crippen molar-refractivity contribution in [2.75, 3.05) is 19.6 Å². The molecule has 7 heteroatoms. The maximum atomic E-state index is 13.1. The predicted molar refractivity (Wildman–Crippen MR) is 92.4 cm³/mol. The van der Waals surface area contributed by atoms with Gasteiger partial charge in [-0.05, 0) is 42.3 Å². The third-order valence-electron chi connectivity index (χ3n) is 4.84. The maximum Gasteiger partial charge on any atom is 0.243 e. The van der Waals surface area contributed by atoms with Crippen LogP contribution in [0.1, 0.15) is 17.2 Å². The van der Waals surface area contributed by atoms with E-state index in [-0.39, 0.29) is 16.7 Å². The average molecular weight is 364 g/mol. The molecule has 3 heterocycles. The normalized spacial score (nSPS) is 24.2. The van der Waals surface area contributed by atoms with Gasteiger partial charge in [-0.1, -0.05) is 23.7 Å². The van der Waals surface area contributed by atoms with Gasteiger partial charge in [0.15, 0.2) is 0 Å². The summed E-state index contributed by atoms with van der Waals surface area (Å²) in [6.45, 7) is 2.50. The summed E-state index contributed by atoms with van der Waals surface area (Å²) in [5.74, 6) is 0.496. The van der Waals surface area contributed by atoms with Crippen molar-refractivity contribution in [2.45, 2.75) is 17.4 Å². The van der Waals surface area contributed by atoms with Crippen LogP contribution in [0, 0.1) is 5.92 Å². The molecule has 1 fully saturated rings. The molecule has 2 aromatic rings. The monoisotopic (exact) mass is 363 g/mol. The van der Waals surface area contributed by atoms with Gasteiger partial charge in [0.1, 0.15) is 0 Å². The molecule has 126 valence electrons. The average Bonchev–Trinajstić information content (AvgIpc) is 2.96. The van der Waals surface area contributed by atoms with Crippen molar-refractivity contribution < 1.29 is 8.42 Å². The molecule has 0 amide bonds. The molecular formula is C17H18ClN3O2S. The second-order valence-corrected chi connectivity index (χ2v) is 8.70. The Morgan fingerprint density at radius 1 is 1.21 bits per heavy atom. The summed E-state index contributed by atoms with van der Waals surface area (Å²) in [6, 6.07) is 10.3. The molecule has 0 unspecified atom stereocenters. The first kappa shape index (κ1) is 16.0. The minimum atomic E-state index is -3.60. The summed E-state index contributed by atoms with van der Waals surface area (Å²) in [6.07, 6.45) is 1.79. The third kappa shape index (κ3) is 2.73. The van der Waals surface area contributed by atoms with E-state index in [0.29, 0.717) is 18.1 Å². The molecular weight excluding hydrogens is 346 g/mol. The van der Waals surface area contributed by atoms with E-state index in [2.05, 4.69) is 10.3 Å². The molecule has 0 radical (unpaired) electrons. The van der Waals surface area contributed by atoms with Gasteiger partial charge in [0, 0.05) is 42.5 Å². The highest BCUT2D eigenvalue weighted by Gasteiger charge is 2.39. The van der Waals surface area contributed by atoms with Crippen molar-refractivity contribution in [3.05, 3.63) is 58.9 Å². The van der Waals surface area contributed by atoms with Gasteiger partial charge in [0.05, 0.1) is 4.90 Å². The number of rotatable bonds is 2. The van der Waals surface area contributed by atoms with Crippen molar-refractivity contribution in [1.82, 2.24) is 14.6 Å². The zero-order valence-corrected chi connectivity index (χ0v) is 14.6. The highest BCUT2D eigenvalue weighted by molar-refractivity contribution is 7.89. The van der Waals surface area contributed by atoms with Crippen LogP contribution in [0.5, 0.6) is 0 Å². The van der Waals surface area contributed by atoms with Crippen LogP contribution in [-0.4, -0.2) is 37.3 Å². The lowest BCUT2D eigenvalue weighted by atomic mass is 9.91. The van der Waals surface area contributed by atoms with Crippen LogP contribution in [0.25, 0.3) is 0 Å². The lowest BCUT2D eigenvalue weighted by molar-refractivity contribution is 0.349. The second kappa shape index (κ2) is 6.11. The van der Waals surface area contributed by atoms with Crippen molar-refractivity contribution in [3.8, 4) is 0 Å². The highest BCUT2D eigenvalue weighted by Crippen LogP contribution is 2.35. The Bertz CT molecular complexity index is 872. The van der Waals surface area contributed by atoms with Gasteiger partial charge < -0.3 is 5.32 Å². The highest BCUT2D eigenvalue weighted by atomic mass is 35.5. The molecule has 4 rings (SSSR count). The van der Waals surface area contributed by atoms with Crippen molar-refractivity contribution in [1.29, 1.82) is 0 Å². The fraction of sp³-hybridized carbons (Fsp3) is 0.353. The predicted octanol–water partition coefficient (Wildman–Crippen LogP) is 2.24. The summed E-state index contributed by atoms with van der Waals surface area (Å²) in [4.78, 5) is 4.78. The number of aromatic nitrogens is 1. The molecule has 2 atom stereocenters. The van der Waals surface area contributed by atoms with Crippen molar-refractivity contribution in [3.63, 3.8) is 0 Å². The minimum Gasteiger partial charge on any atom is -0.316 e. The zero-order valence-electron chi connectivity index (χ0n) is 13.0. The first-order chi connectivity index (χ1) is 11.6. The summed E-state index contributed by atoms with van der Waals surface area (Å²) in [5.41, 5.74) is 2.01. The number of nitrogens with zero attached hydrogens (tertiary/aromatic N) is 2. The van der Waals surface area contributed by atoms with Crippen LogP contribution in [0.4, 0.5) is 0 Å². The van der Waals surface area contributed by atoms with Gasteiger partial charge in [-0.15, -0.1) is 0 Å². The third-order valence-corrected chi connectivity index (χ3v) is 6.88. The van der Waals surface area contributed by atoms with Crippen LogP contribution < -0.4 is 5.32 Å². The van der Waals surface area contributed by atoms with Crippen molar-refractivity contribution >= 4 is 21.6 Å². The Kier molecular flexibility index (Phi) is 4.08. The largest absolute Gasteiger partial charge is 0.316 e. The lowest BCUT2D eigenvalue weighted by Crippen LogP contribution is -2.35. The standard InChI is InChI=1S/C17H18ClN3O2S/c18-14-4-1-5-15(7-14)24(22,23)21-10-12-3-2-6-20-17(12)16-9-19-8-13(16)11-21/h1-7,13,16,19H,8-11H2/t13-,16+/m0/s1. The van der Waals surface area contributed by atoms with E-state index in [0.717, 1.165) is 24.3 Å². The molecule has 1 N–H and O–H groups in total. The Morgan fingerprint density at radius 2 is 2.08 bits per heavy atom. The smallest absolute Gasteiger partial charge is 0.243 e. The summed E-state index contributed by atoms with van der Waals surface area (Å²) in [5, 5.41) is 3.80. The Balaban J connectivity index is 1.76. The van der Waals surface area contributed by atoms with Gasteiger partial charge in [-0.2, -0.15) is 4.31 Å². The van der Waals surface area contributed by atoms with Crippen LogP contribution in [0.15, 0.2) is 47.5 Å². The van der Waals surface area contributed by atoms with E-state index >= 15 is 0 Å². The molecule has 1 aromatic carbocycles. The summed E-state index contributed by atoms with van der Waals surface area (Å²) >= 11 is 5.99. The molecule has 1 aromatic heterocycles. The number of benzene rings is 1. The number of fused-ring (bicyclic) bond motifs is 3. The second-order valence-electron chi connectivity index (χ2n) is 6.33. The van der Waals surface area contributed by atoms with Gasteiger partial charge >= 0.3 is 0 Å². The van der Waals surface area contributed by atoms with E-state index in [1.807, 2.05) is 12.1 Å². The molecule has 1 saturated heterocycles. The van der Waals surface area contributed by atoms with E-state index in [1.54, 1.807) is 28.7 Å². The summed E-state index contributed by atoms with van der Waals surface area (Å²) in [7, 11) is -3.60. The van der Waals surface area contributed by atoms with Crippen LogP contribution >= 0.6 is 11.6 Å². The number of nitrogens with one attached hydrogen (secondary N) is 1. The topological polar surface area (TPSA) is 62.3 Å². The van der Waals surface area contributed by atoms with E-state index < -0.39 is 10.0 Å². The van der Waals surface area contributed by atoms with Crippen molar-refractivity contribution in [2.24, 2.45) is 5.92 Å². The summed E-state index contributed by atoms with van der Waals surface area (Å²) < 4.78 is 27.8. The molecule has 0 aliphatic carbocycles. The van der Waals surface area contributed by atoms with Gasteiger partial charge in [0.2, 0.25) is 10.0 Å². The first-order valence-electron chi connectivity index (χ1n) is 7.96. The number of halogens is 1. The SMILES string of the molecule is O=S(=O)(c1cccc(Cl)c1)N1Cc2cccnc2[C@@H]2CNC[C@H]2C1. The Labute approximate surface area is 146 Å². The van der Waals surface area contributed by atoms with E-state index in [1.165, 1.54) is 6.07 Å². The first-order valence-corrected chi connectivity index (χ1v) is 9.78. The zero-order chi connectivity index (χ0) is 16.7. The lowest BCUT2D eigenvalue weighted by Gasteiger charge is -2.23. The number of hydrogen-bond acceptors (Lipinski definition) is 4. The van der Waals surface area contributed by atoms with Crippen LogP contribution in [0.2, 0.25) is 5.02 Å². The number of sulfonamides is 1. The Hall–Kier alpha value is -1.47. The van der Waals surface area contributed by atoms with Gasteiger partial charge in [-0.3, -0.25) is 4.98 Å². The quantitative estimate of drug-likeness (QED) is 0.888.